The summed E-state index contributed by atoms with van der Waals surface area (Å²) < 4.78 is 0. The minimum absolute atomic E-state index is 0.0146. The van der Waals surface area contributed by atoms with Crippen LogP contribution in [-0.2, 0) is 4.79 Å². The van der Waals surface area contributed by atoms with E-state index < -0.39 is 0 Å². The summed E-state index contributed by atoms with van der Waals surface area (Å²) in [6, 6.07) is 2.58. The molecule has 4 atom stereocenters. The molecule has 0 bridgehead atoms. The highest BCUT2D eigenvalue weighted by molar-refractivity contribution is 5.83. The van der Waals surface area contributed by atoms with Crippen LogP contribution in [0.5, 0.6) is 0 Å². The second-order valence-corrected chi connectivity index (χ2v) is 5.57. The fraction of sp³-hybridized carbons (Fsp3) is 0.846. The Bertz CT molecular complexity index is 348. The first-order chi connectivity index (χ1) is 8.29. The van der Waals surface area contributed by atoms with E-state index >= 15 is 0 Å². The Morgan fingerprint density at radius 1 is 1.29 bits per heavy atom. The standard InChI is InChI=1S/C13H19N3O/c14-8-10-5-6-16(10)13(17)12-7-9-3-1-2-4-11(9)15-12/h9-12,15H,1-7H2. The summed E-state index contributed by atoms with van der Waals surface area (Å²) in [5.74, 6) is 0.858. The molecule has 1 amide bonds. The first-order valence-electron chi connectivity index (χ1n) is 6.76. The number of likely N-dealkylation sites (tertiary alicyclic amines) is 1. The Kier molecular flexibility index (Phi) is 2.79. The van der Waals surface area contributed by atoms with Gasteiger partial charge in [0.2, 0.25) is 5.91 Å². The van der Waals surface area contributed by atoms with Gasteiger partial charge in [0.1, 0.15) is 6.04 Å². The molecule has 0 spiro atoms. The molecule has 0 aromatic carbocycles. The molecule has 3 fully saturated rings. The van der Waals surface area contributed by atoms with Crippen LogP contribution in [0.1, 0.15) is 38.5 Å². The van der Waals surface area contributed by atoms with Gasteiger partial charge < -0.3 is 10.2 Å². The lowest BCUT2D eigenvalue weighted by atomic mass is 9.85. The number of rotatable bonds is 1. The number of carbonyl (C=O) groups excluding carboxylic acids is 1. The van der Waals surface area contributed by atoms with Gasteiger partial charge in [-0.05, 0) is 31.6 Å². The van der Waals surface area contributed by atoms with E-state index in [0.29, 0.717) is 12.0 Å². The van der Waals surface area contributed by atoms with Crippen LogP contribution < -0.4 is 5.32 Å². The zero-order valence-electron chi connectivity index (χ0n) is 10.1. The molecule has 4 nitrogen and oxygen atoms in total. The molecular weight excluding hydrogens is 214 g/mol. The molecule has 3 rings (SSSR count). The molecule has 0 aromatic rings. The summed E-state index contributed by atoms with van der Waals surface area (Å²) in [5.41, 5.74) is 0. The van der Waals surface area contributed by atoms with Crippen LogP contribution in [0.4, 0.5) is 0 Å². The molecule has 4 heteroatoms. The SMILES string of the molecule is N#CC1CCN1C(=O)C1CC2CCCCC2N1. The number of amides is 1. The average molecular weight is 233 g/mol. The number of nitrogens with one attached hydrogen (secondary N) is 1. The number of fused-ring (bicyclic) bond motifs is 1. The maximum absolute atomic E-state index is 12.3. The highest BCUT2D eigenvalue weighted by Gasteiger charge is 2.42. The van der Waals surface area contributed by atoms with Crippen molar-refractivity contribution < 1.29 is 4.79 Å². The topological polar surface area (TPSA) is 56.1 Å². The second kappa shape index (κ2) is 4.30. The fourth-order valence-electron chi connectivity index (χ4n) is 3.50. The summed E-state index contributed by atoms with van der Waals surface area (Å²) in [4.78, 5) is 14.0. The average Bonchev–Trinajstić information content (AvgIpc) is 2.71. The first-order valence-corrected chi connectivity index (χ1v) is 6.76. The monoisotopic (exact) mass is 233 g/mol. The van der Waals surface area contributed by atoms with Crippen molar-refractivity contribution in [1.82, 2.24) is 10.2 Å². The zero-order valence-corrected chi connectivity index (χ0v) is 10.1. The summed E-state index contributed by atoms with van der Waals surface area (Å²) in [5, 5.41) is 12.4. The number of nitriles is 1. The van der Waals surface area contributed by atoms with Crippen LogP contribution in [0.3, 0.4) is 0 Å². The molecule has 0 aromatic heterocycles. The lowest BCUT2D eigenvalue weighted by molar-refractivity contribution is -0.138. The predicted molar refractivity (Wildman–Crippen MR) is 63.0 cm³/mol. The normalized spacial score (nSPS) is 40.3. The van der Waals surface area contributed by atoms with E-state index in [9.17, 15) is 4.79 Å². The number of nitrogens with zero attached hydrogens (tertiary/aromatic N) is 2. The second-order valence-electron chi connectivity index (χ2n) is 5.57. The lowest BCUT2D eigenvalue weighted by Gasteiger charge is -2.38. The van der Waals surface area contributed by atoms with Gasteiger partial charge in [-0.3, -0.25) is 4.79 Å². The van der Waals surface area contributed by atoms with Crippen molar-refractivity contribution in [1.29, 1.82) is 5.26 Å². The summed E-state index contributed by atoms with van der Waals surface area (Å²) in [7, 11) is 0. The van der Waals surface area contributed by atoms with Gasteiger partial charge in [0.05, 0.1) is 12.1 Å². The van der Waals surface area contributed by atoms with Gasteiger partial charge in [0.25, 0.3) is 0 Å². The van der Waals surface area contributed by atoms with Crippen LogP contribution in [-0.4, -0.2) is 35.5 Å². The van der Waals surface area contributed by atoms with Crippen molar-refractivity contribution in [3.05, 3.63) is 0 Å². The van der Waals surface area contributed by atoms with Crippen LogP contribution in [0.25, 0.3) is 0 Å². The maximum Gasteiger partial charge on any atom is 0.240 e. The minimum Gasteiger partial charge on any atom is -0.325 e. The third-order valence-corrected chi connectivity index (χ3v) is 4.61. The smallest absolute Gasteiger partial charge is 0.240 e. The number of hydrogen-bond donors (Lipinski definition) is 1. The van der Waals surface area contributed by atoms with E-state index in [1.807, 2.05) is 0 Å². The highest BCUT2D eigenvalue weighted by atomic mass is 16.2. The Balaban J connectivity index is 1.62. The van der Waals surface area contributed by atoms with E-state index in [2.05, 4.69) is 11.4 Å². The third kappa shape index (κ3) is 1.83. The van der Waals surface area contributed by atoms with Crippen molar-refractivity contribution in [2.24, 2.45) is 5.92 Å². The van der Waals surface area contributed by atoms with Gasteiger partial charge in [0, 0.05) is 12.6 Å². The summed E-state index contributed by atoms with van der Waals surface area (Å²) >= 11 is 0. The van der Waals surface area contributed by atoms with Crippen molar-refractivity contribution >= 4 is 5.91 Å². The summed E-state index contributed by atoms with van der Waals surface area (Å²) in [6.07, 6.45) is 6.92. The van der Waals surface area contributed by atoms with Crippen LogP contribution >= 0.6 is 0 Å². The minimum atomic E-state index is -0.160. The van der Waals surface area contributed by atoms with Crippen molar-refractivity contribution in [2.75, 3.05) is 6.54 Å². The van der Waals surface area contributed by atoms with E-state index in [1.54, 1.807) is 4.90 Å². The van der Waals surface area contributed by atoms with Gasteiger partial charge in [-0.2, -0.15) is 5.26 Å². The molecule has 1 aliphatic carbocycles. The molecule has 92 valence electrons. The van der Waals surface area contributed by atoms with Crippen molar-refractivity contribution in [2.45, 2.75) is 56.7 Å². The molecule has 2 heterocycles. The zero-order chi connectivity index (χ0) is 11.8. The Morgan fingerprint density at radius 3 is 2.76 bits per heavy atom. The van der Waals surface area contributed by atoms with E-state index in [1.165, 1.54) is 25.7 Å². The predicted octanol–water partition coefficient (Wildman–Crippen LogP) is 1.03. The molecule has 0 radical (unpaired) electrons. The van der Waals surface area contributed by atoms with Gasteiger partial charge in [-0.15, -0.1) is 0 Å². The van der Waals surface area contributed by atoms with Crippen molar-refractivity contribution in [3.8, 4) is 6.07 Å². The van der Waals surface area contributed by atoms with Crippen LogP contribution in [0.15, 0.2) is 0 Å². The third-order valence-electron chi connectivity index (χ3n) is 4.61. The van der Waals surface area contributed by atoms with E-state index in [4.69, 9.17) is 5.26 Å². The molecule has 2 aliphatic heterocycles. The molecular formula is C13H19N3O. The lowest BCUT2D eigenvalue weighted by Crippen LogP contribution is -2.56. The Hall–Kier alpha value is -1.08. The van der Waals surface area contributed by atoms with Gasteiger partial charge in [-0.25, -0.2) is 0 Å². The first kappa shape index (κ1) is 11.0. The van der Waals surface area contributed by atoms with E-state index in [-0.39, 0.29) is 18.0 Å². The maximum atomic E-state index is 12.3. The largest absolute Gasteiger partial charge is 0.325 e. The molecule has 17 heavy (non-hydrogen) atoms. The van der Waals surface area contributed by atoms with Crippen LogP contribution in [0, 0.1) is 17.2 Å². The van der Waals surface area contributed by atoms with Gasteiger partial charge in [0.15, 0.2) is 0 Å². The van der Waals surface area contributed by atoms with E-state index in [0.717, 1.165) is 19.4 Å². The van der Waals surface area contributed by atoms with Gasteiger partial charge in [-0.1, -0.05) is 12.8 Å². The van der Waals surface area contributed by atoms with Gasteiger partial charge >= 0.3 is 0 Å². The molecule has 4 unspecified atom stereocenters. The van der Waals surface area contributed by atoms with Crippen LogP contribution in [0.2, 0.25) is 0 Å². The highest BCUT2D eigenvalue weighted by Crippen LogP contribution is 2.34. The molecule has 3 aliphatic rings. The Morgan fingerprint density at radius 2 is 2.12 bits per heavy atom. The number of carbonyl (C=O) groups is 1. The molecule has 2 saturated heterocycles. The quantitative estimate of drug-likeness (QED) is 0.736. The molecule has 1 N–H and O–H groups in total. The Labute approximate surface area is 102 Å². The number of hydrogen-bond acceptors (Lipinski definition) is 3. The summed E-state index contributed by atoms with van der Waals surface area (Å²) in [6.45, 7) is 0.768. The molecule has 1 saturated carbocycles. The van der Waals surface area contributed by atoms with Crippen molar-refractivity contribution in [3.63, 3.8) is 0 Å². The fourth-order valence-corrected chi connectivity index (χ4v) is 3.50.